The van der Waals surface area contributed by atoms with E-state index in [-0.39, 0.29) is 16.5 Å². The van der Waals surface area contributed by atoms with Crippen molar-refractivity contribution in [2.75, 3.05) is 7.11 Å². The Morgan fingerprint density at radius 3 is 2.43 bits per heavy atom. The number of ether oxygens (including phenoxy) is 2. The van der Waals surface area contributed by atoms with E-state index >= 15 is 0 Å². The lowest BCUT2D eigenvalue weighted by Gasteiger charge is -2.11. The fourth-order valence-electron chi connectivity index (χ4n) is 2.47. The molecule has 3 aromatic carbocycles. The molecule has 0 saturated carbocycles. The second-order valence-corrected chi connectivity index (χ2v) is 7.44. The standard InChI is InChI=1S/C23H17BrClNO4/c1-29-21-13-16(14-26-18-7-9-19(27)10-8-18)12-20(25)23(21)30-22(28)11-4-15-2-5-17(24)6-3-15/h2-14,27H,1H3. The molecule has 0 amide bonds. The Labute approximate surface area is 187 Å². The first-order chi connectivity index (χ1) is 14.4. The number of esters is 1. The molecule has 0 radical (unpaired) electrons. The predicted octanol–water partition coefficient (Wildman–Crippen LogP) is 6.19. The number of aromatic hydroxyl groups is 1. The molecular formula is C23H17BrClNO4. The van der Waals surface area contributed by atoms with Gasteiger partial charge in [-0.25, -0.2) is 4.79 Å². The maximum atomic E-state index is 12.2. The maximum Gasteiger partial charge on any atom is 0.336 e. The Kier molecular flexibility index (Phi) is 7.27. The molecule has 0 aliphatic carbocycles. The smallest absolute Gasteiger partial charge is 0.336 e. The van der Waals surface area contributed by atoms with E-state index in [1.165, 1.54) is 13.2 Å². The van der Waals surface area contributed by atoms with Crippen LogP contribution in [0.5, 0.6) is 17.2 Å². The Balaban J connectivity index is 1.75. The molecule has 0 fully saturated rings. The number of rotatable bonds is 6. The zero-order chi connectivity index (χ0) is 21.5. The van der Waals surface area contributed by atoms with E-state index in [1.807, 2.05) is 24.3 Å². The van der Waals surface area contributed by atoms with Crippen LogP contribution in [0.15, 0.2) is 76.2 Å². The highest BCUT2D eigenvalue weighted by atomic mass is 79.9. The minimum absolute atomic E-state index is 0.131. The summed E-state index contributed by atoms with van der Waals surface area (Å²) in [5.74, 6) is 0.0223. The highest BCUT2D eigenvalue weighted by Gasteiger charge is 2.14. The van der Waals surface area contributed by atoms with Gasteiger partial charge < -0.3 is 14.6 Å². The van der Waals surface area contributed by atoms with Gasteiger partial charge in [0.15, 0.2) is 11.5 Å². The Morgan fingerprint density at radius 2 is 1.77 bits per heavy atom. The molecule has 3 rings (SSSR count). The van der Waals surface area contributed by atoms with Gasteiger partial charge in [0.2, 0.25) is 0 Å². The van der Waals surface area contributed by atoms with Crippen LogP contribution in [0, 0.1) is 0 Å². The van der Waals surface area contributed by atoms with Crippen LogP contribution in [0.1, 0.15) is 11.1 Å². The normalized spacial score (nSPS) is 11.2. The zero-order valence-electron chi connectivity index (χ0n) is 15.9. The van der Waals surface area contributed by atoms with E-state index in [1.54, 1.807) is 48.7 Å². The van der Waals surface area contributed by atoms with Crippen LogP contribution < -0.4 is 9.47 Å². The summed E-state index contributed by atoms with van der Waals surface area (Å²) >= 11 is 9.68. The molecule has 0 aliphatic heterocycles. The molecule has 1 N–H and O–H groups in total. The number of carbonyl (C=O) groups is 1. The van der Waals surface area contributed by atoms with Crippen LogP contribution in [-0.2, 0) is 4.79 Å². The van der Waals surface area contributed by atoms with Gasteiger partial charge in [0.05, 0.1) is 17.8 Å². The second-order valence-electron chi connectivity index (χ2n) is 6.11. The van der Waals surface area contributed by atoms with E-state index in [4.69, 9.17) is 21.1 Å². The van der Waals surface area contributed by atoms with Crippen molar-refractivity contribution in [2.24, 2.45) is 4.99 Å². The molecule has 5 nitrogen and oxygen atoms in total. The molecule has 0 saturated heterocycles. The van der Waals surface area contributed by atoms with E-state index < -0.39 is 5.97 Å². The molecule has 7 heteroatoms. The van der Waals surface area contributed by atoms with Crippen LogP contribution >= 0.6 is 27.5 Å². The number of nitrogens with zero attached hydrogens (tertiary/aromatic N) is 1. The van der Waals surface area contributed by atoms with Crippen molar-refractivity contribution in [2.45, 2.75) is 0 Å². The lowest BCUT2D eigenvalue weighted by molar-refractivity contribution is -0.129. The van der Waals surface area contributed by atoms with Crippen LogP contribution in [0.3, 0.4) is 0 Å². The average Bonchev–Trinajstić information content (AvgIpc) is 2.74. The largest absolute Gasteiger partial charge is 0.508 e. The van der Waals surface area contributed by atoms with Crippen molar-refractivity contribution in [3.05, 3.63) is 87.4 Å². The number of carbonyl (C=O) groups excluding carboxylic acids is 1. The lowest BCUT2D eigenvalue weighted by Crippen LogP contribution is -2.06. The van der Waals surface area contributed by atoms with Gasteiger partial charge in [-0.1, -0.05) is 39.7 Å². The number of aliphatic imine (C=N–C) groups is 1. The summed E-state index contributed by atoms with van der Waals surface area (Å²) in [5.41, 5.74) is 2.18. The molecule has 0 atom stereocenters. The Bertz CT molecular complexity index is 1090. The molecule has 0 bridgehead atoms. The summed E-state index contributed by atoms with van der Waals surface area (Å²) in [4.78, 5) is 16.5. The van der Waals surface area contributed by atoms with Crippen LogP contribution in [0.2, 0.25) is 5.02 Å². The monoisotopic (exact) mass is 485 g/mol. The lowest BCUT2D eigenvalue weighted by atomic mass is 10.2. The fourth-order valence-corrected chi connectivity index (χ4v) is 3.00. The molecule has 30 heavy (non-hydrogen) atoms. The maximum absolute atomic E-state index is 12.2. The highest BCUT2D eigenvalue weighted by molar-refractivity contribution is 9.10. The van der Waals surface area contributed by atoms with Crippen molar-refractivity contribution >= 4 is 51.5 Å². The summed E-state index contributed by atoms with van der Waals surface area (Å²) in [6, 6.07) is 17.2. The number of phenolic OH excluding ortho intramolecular Hbond substituents is 1. The molecular weight excluding hydrogens is 470 g/mol. The predicted molar refractivity (Wildman–Crippen MR) is 122 cm³/mol. The SMILES string of the molecule is COc1cc(C=Nc2ccc(O)cc2)cc(Cl)c1OC(=O)C=Cc1ccc(Br)cc1. The van der Waals surface area contributed by atoms with Gasteiger partial charge >= 0.3 is 5.97 Å². The number of benzene rings is 3. The Hall–Kier alpha value is -3.09. The van der Waals surface area contributed by atoms with Crippen molar-refractivity contribution < 1.29 is 19.4 Å². The first kappa shape index (κ1) is 21.6. The van der Waals surface area contributed by atoms with Crippen molar-refractivity contribution in [3.63, 3.8) is 0 Å². The molecule has 3 aromatic rings. The summed E-state index contributed by atoms with van der Waals surface area (Å²) in [7, 11) is 1.46. The molecule has 0 spiro atoms. The number of halogens is 2. The van der Waals surface area contributed by atoms with Crippen molar-refractivity contribution in [3.8, 4) is 17.2 Å². The molecule has 0 aromatic heterocycles. The number of phenols is 1. The third-order valence-electron chi connectivity index (χ3n) is 3.95. The topological polar surface area (TPSA) is 68.1 Å². The molecule has 0 heterocycles. The van der Waals surface area contributed by atoms with Crippen LogP contribution in [-0.4, -0.2) is 24.4 Å². The van der Waals surface area contributed by atoms with E-state index in [0.717, 1.165) is 10.0 Å². The van der Waals surface area contributed by atoms with Crippen LogP contribution in [0.25, 0.3) is 6.08 Å². The van der Waals surface area contributed by atoms with Gasteiger partial charge in [-0.3, -0.25) is 4.99 Å². The summed E-state index contributed by atoms with van der Waals surface area (Å²) in [5, 5.41) is 9.54. The van der Waals surface area contributed by atoms with Gasteiger partial charge in [-0.05, 0) is 65.7 Å². The second kappa shape index (κ2) is 10.1. The number of hydrogen-bond donors (Lipinski definition) is 1. The third kappa shape index (κ3) is 5.95. The van der Waals surface area contributed by atoms with Crippen LogP contribution in [0.4, 0.5) is 5.69 Å². The molecule has 0 unspecified atom stereocenters. The van der Waals surface area contributed by atoms with Gasteiger partial charge in [0, 0.05) is 16.8 Å². The van der Waals surface area contributed by atoms with Crippen molar-refractivity contribution in [1.29, 1.82) is 0 Å². The fraction of sp³-hybridized carbons (Fsp3) is 0.0435. The first-order valence-corrected chi connectivity index (χ1v) is 9.98. The van der Waals surface area contributed by atoms with Crippen molar-refractivity contribution in [1.82, 2.24) is 0 Å². The molecule has 0 aliphatic rings. The summed E-state index contributed by atoms with van der Waals surface area (Å²) in [6.07, 6.45) is 4.56. The van der Waals surface area contributed by atoms with E-state index in [9.17, 15) is 9.90 Å². The number of methoxy groups -OCH3 is 1. The first-order valence-electron chi connectivity index (χ1n) is 8.80. The van der Waals surface area contributed by atoms with Gasteiger partial charge in [0.1, 0.15) is 5.75 Å². The van der Waals surface area contributed by atoms with E-state index in [0.29, 0.717) is 17.0 Å². The van der Waals surface area contributed by atoms with E-state index in [2.05, 4.69) is 20.9 Å². The minimum Gasteiger partial charge on any atom is -0.508 e. The average molecular weight is 487 g/mol. The van der Waals surface area contributed by atoms with Gasteiger partial charge in [-0.2, -0.15) is 0 Å². The van der Waals surface area contributed by atoms with Gasteiger partial charge in [0.25, 0.3) is 0 Å². The highest BCUT2D eigenvalue weighted by Crippen LogP contribution is 2.36. The molecule has 152 valence electrons. The summed E-state index contributed by atoms with van der Waals surface area (Å²) < 4.78 is 11.7. The zero-order valence-corrected chi connectivity index (χ0v) is 18.2. The van der Waals surface area contributed by atoms with Gasteiger partial charge in [-0.15, -0.1) is 0 Å². The number of hydrogen-bond acceptors (Lipinski definition) is 5. The minimum atomic E-state index is -0.580. The third-order valence-corrected chi connectivity index (χ3v) is 4.76. The Morgan fingerprint density at radius 1 is 1.07 bits per heavy atom. The summed E-state index contributed by atoms with van der Waals surface area (Å²) in [6.45, 7) is 0. The quantitative estimate of drug-likeness (QED) is 0.195.